The van der Waals surface area contributed by atoms with Crippen molar-refractivity contribution in [1.82, 2.24) is 0 Å². The smallest absolute Gasteiger partial charge is 0.221 e. The van der Waals surface area contributed by atoms with Gasteiger partial charge in [-0.05, 0) is 48.6 Å². The second kappa shape index (κ2) is 7.48. The molecule has 0 aromatic heterocycles. The van der Waals surface area contributed by atoms with Crippen molar-refractivity contribution in [2.45, 2.75) is 26.2 Å². The van der Waals surface area contributed by atoms with Gasteiger partial charge in [0.25, 0.3) is 0 Å². The number of ether oxygens (including phenoxy) is 1. The molecule has 0 spiro atoms. The first-order valence-corrected chi connectivity index (χ1v) is 7.19. The monoisotopic (exact) mass is 283 g/mol. The highest BCUT2D eigenvalue weighted by molar-refractivity contribution is 5.76. The largest absolute Gasteiger partial charge is 0.494 e. The van der Waals surface area contributed by atoms with E-state index in [0.29, 0.717) is 6.61 Å². The number of carbonyl (C=O) groups excluding carboxylic acids is 1. The Morgan fingerprint density at radius 1 is 1.14 bits per heavy atom. The number of aryl methyl sites for hydroxylation is 2. The molecule has 0 radical (unpaired) electrons. The molecule has 0 aliphatic rings. The minimum atomic E-state index is -0.327. The summed E-state index contributed by atoms with van der Waals surface area (Å²) in [6, 6.07) is 15.9. The van der Waals surface area contributed by atoms with Crippen molar-refractivity contribution >= 4 is 5.91 Å². The molecule has 3 nitrogen and oxygen atoms in total. The fraction of sp³-hybridized carbons (Fsp3) is 0.278. The van der Waals surface area contributed by atoms with Crippen LogP contribution in [0.2, 0.25) is 0 Å². The lowest BCUT2D eigenvalue weighted by atomic mass is 10.0. The van der Waals surface area contributed by atoms with Crippen LogP contribution >= 0.6 is 0 Å². The summed E-state index contributed by atoms with van der Waals surface area (Å²) < 4.78 is 5.74. The zero-order valence-electron chi connectivity index (χ0n) is 12.3. The van der Waals surface area contributed by atoms with E-state index in [9.17, 15) is 4.79 Å². The van der Waals surface area contributed by atoms with Crippen LogP contribution in [-0.4, -0.2) is 12.5 Å². The summed E-state index contributed by atoms with van der Waals surface area (Å²) in [7, 11) is 0. The highest BCUT2D eigenvalue weighted by Crippen LogP contribution is 2.15. The predicted molar refractivity (Wildman–Crippen MR) is 84.3 cm³/mol. The van der Waals surface area contributed by atoms with Crippen molar-refractivity contribution in [3.8, 4) is 5.75 Å². The van der Waals surface area contributed by atoms with Gasteiger partial charge in [-0.2, -0.15) is 0 Å². The number of benzene rings is 2. The van der Waals surface area contributed by atoms with Gasteiger partial charge >= 0.3 is 0 Å². The van der Waals surface area contributed by atoms with E-state index in [1.807, 2.05) is 24.3 Å². The van der Waals surface area contributed by atoms with Crippen molar-refractivity contribution in [2.75, 3.05) is 6.61 Å². The molecule has 110 valence electrons. The van der Waals surface area contributed by atoms with Gasteiger partial charge in [-0.1, -0.05) is 36.4 Å². The van der Waals surface area contributed by atoms with Crippen molar-refractivity contribution in [3.63, 3.8) is 0 Å². The average Bonchev–Trinajstić information content (AvgIpc) is 2.45. The predicted octanol–water partition coefficient (Wildman–Crippen LogP) is 3.03. The van der Waals surface area contributed by atoms with Gasteiger partial charge in [-0.25, -0.2) is 0 Å². The van der Waals surface area contributed by atoms with Gasteiger partial charge in [-0.15, -0.1) is 0 Å². The Bertz CT molecular complexity index is 608. The molecule has 0 unspecified atom stereocenters. The van der Waals surface area contributed by atoms with E-state index in [1.165, 1.54) is 11.1 Å². The minimum absolute atomic E-state index is 0.250. The Kier molecular flexibility index (Phi) is 5.38. The van der Waals surface area contributed by atoms with Crippen molar-refractivity contribution in [1.29, 1.82) is 0 Å². The Hall–Kier alpha value is -2.29. The summed E-state index contributed by atoms with van der Waals surface area (Å²) in [5.41, 5.74) is 8.77. The van der Waals surface area contributed by atoms with Gasteiger partial charge in [0.05, 0.1) is 13.0 Å². The molecule has 21 heavy (non-hydrogen) atoms. The van der Waals surface area contributed by atoms with Crippen LogP contribution in [0.15, 0.2) is 48.5 Å². The van der Waals surface area contributed by atoms with Gasteiger partial charge < -0.3 is 10.5 Å². The van der Waals surface area contributed by atoms with Crippen LogP contribution in [0.5, 0.6) is 5.75 Å². The van der Waals surface area contributed by atoms with E-state index in [1.54, 1.807) is 0 Å². The van der Waals surface area contributed by atoms with Crippen LogP contribution < -0.4 is 10.5 Å². The highest BCUT2D eigenvalue weighted by atomic mass is 16.5. The van der Waals surface area contributed by atoms with Crippen LogP contribution in [0.25, 0.3) is 0 Å². The van der Waals surface area contributed by atoms with Gasteiger partial charge in [0.2, 0.25) is 5.91 Å². The first kappa shape index (κ1) is 15.1. The van der Waals surface area contributed by atoms with Gasteiger partial charge in [0.1, 0.15) is 5.75 Å². The summed E-state index contributed by atoms with van der Waals surface area (Å²) in [5.74, 6) is 0.463. The van der Waals surface area contributed by atoms with E-state index in [0.717, 1.165) is 24.2 Å². The molecule has 0 bridgehead atoms. The number of primary amides is 1. The van der Waals surface area contributed by atoms with Crippen LogP contribution in [0.4, 0.5) is 0 Å². The summed E-state index contributed by atoms with van der Waals surface area (Å²) in [4.78, 5) is 10.9. The normalized spacial score (nSPS) is 10.3. The maximum Gasteiger partial charge on any atom is 0.221 e. The van der Waals surface area contributed by atoms with E-state index < -0.39 is 0 Å². The first-order valence-electron chi connectivity index (χ1n) is 7.19. The first-order chi connectivity index (χ1) is 10.1. The number of carbonyl (C=O) groups is 1. The van der Waals surface area contributed by atoms with Crippen LogP contribution in [-0.2, 0) is 17.6 Å². The minimum Gasteiger partial charge on any atom is -0.494 e. The summed E-state index contributed by atoms with van der Waals surface area (Å²) in [6.07, 6.45) is 2.22. The third-order valence-corrected chi connectivity index (χ3v) is 3.40. The van der Waals surface area contributed by atoms with Crippen molar-refractivity contribution in [3.05, 3.63) is 65.2 Å². The van der Waals surface area contributed by atoms with Crippen molar-refractivity contribution < 1.29 is 9.53 Å². The Morgan fingerprint density at radius 2 is 1.95 bits per heavy atom. The van der Waals surface area contributed by atoms with Crippen molar-refractivity contribution in [2.24, 2.45) is 5.73 Å². The molecule has 0 saturated heterocycles. The molecule has 0 aliphatic heterocycles. The highest BCUT2D eigenvalue weighted by Gasteiger charge is 2.01. The lowest BCUT2D eigenvalue weighted by molar-refractivity contribution is -0.117. The topological polar surface area (TPSA) is 52.3 Å². The zero-order valence-corrected chi connectivity index (χ0v) is 12.3. The SMILES string of the molecule is Cc1ccccc1CCCOc1cccc(CC(N)=O)c1. The van der Waals surface area contributed by atoms with Crippen LogP contribution in [0.1, 0.15) is 23.1 Å². The molecular weight excluding hydrogens is 262 g/mol. The number of hydrogen-bond donors (Lipinski definition) is 1. The maximum atomic E-state index is 10.9. The van der Waals surface area contributed by atoms with Gasteiger partial charge in [0, 0.05) is 0 Å². The fourth-order valence-corrected chi connectivity index (χ4v) is 2.29. The van der Waals surface area contributed by atoms with E-state index in [4.69, 9.17) is 10.5 Å². The number of nitrogens with two attached hydrogens (primary N) is 1. The third-order valence-electron chi connectivity index (χ3n) is 3.40. The fourth-order valence-electron chi connectivity index (χ4n) is 2.29. The van der Waals surface area contributed by atoms with Crippen LogP contribution in [0, 0.1) is 6.92 Å². The second-order valence-electron chi connectivity index (χ2n) is 5.17. The van der Waals surface area contributed by atoms with E-state index in [-0.39, 0.29) is 12.3 Å². The molecule has 0 atom stereocenters. The molecule has 0 heterocycles. The number of amides is 1. The molecule has 0 saturated carbocycles. The molecule has 0 fully saturated rings. The quantitative estimate of drug-likeness (QED) is 0.794. The Morgan fingerprint density at radius 3 is 2.71 bits per heavy atom. The maximum absolute atomic E-state index is 10.9. The molecule has 2 aromatic rings. The molecule has 2 rings (SSSR count). The molecule has 1 amide bonds. The second-order valence-corrected chi connectivity index (χ2v) is 5.17. The zero-order chi connectivity index (χ0) is 15.1. The number of rotatable bonds is 7. The average molecular weight is 283 g/mol. The standard InChI is InChI=1S/C18H21NO2/c1-14-6-2-3-8-16(14)9-5-11-21-17-10-4-7-15(12-17)13-18(19)20/h2-4,6-8,10,12H,5,9,11,13H2,1H3,(H2,19,20). The number of hydrogen-bond acceptors (Lipinski definition) is 2. The Labute approximate surface area is 125 Å². The molecule has 0 aliphatic carbocycles. The Balaban J connectivity index is 1.81. The molecule has 3 heteroatoms. The summed E-state index contributed by atoms with van der Waals surface area (Å²) >= 11 is 0. The van der Waals surface area contributed by atoms with Gasteiger partial charge in [-0.3, -0.25) is 4.79 Å². The molecule has 2 aromatic carbocycles. The lowest BCUT2D eigenvalue weighted by Crippen LogP contribution is -2.13. The van der Waals surface area contributed by atoms with Crippen LogP contribution in [0.3, 0.4) is 0 Å². The third kappa shape index (κ3) is 4.95. The van der Waals surface area contributed by atoms with E-state index in [2.05, 4.69) is 31.2 Å². The lowest BCUT2D eigenvalue weighted by Gasteiger charge is -2.09. The summed E-state index contributed by atoms with van der Waals surface area (Å²) in [5, 5.41) is 0. The molecular formula is C18H21NO2. The van der Waals surface area contributed by atoms with Gasteiger partial charge in [0.15, 0.2) is 0 Å². The molecule has 2 N–H and O–H groups in total. The summed E-state index contributed by atoms with van der Waals surface area (Å²) in [6.45, 7) is 2.79. The van der Waals surface area contributed by atoms with E-state index >= 15 is 0 Å².